The lowest BCUT2D eigenvalue weighted by Gasteiger charge is -2.60. The molecule has 2 saturated carbocycles. The number of amides is 1. The van der Waals surface area contributed by atoms with Gasteiger partial charge in [-0.05, 0) is 110 Å². The highest BCUT2D eigenvalue weighted by atomic mass is 32.2. The Hall–Kier alpha value is -4.17. The third kappa shape index (κ3) is 12.1. The molecule has 3 aromatic carbocycles. The summed E-state index contributed by atoms with van der Waals surface area (Å²) in [4.78, 5) is 24.3. The molecule has 65 heavy (non-hydrogen) atoms. The molecule has 352 valence electrons. The fourth-order valence-electron chi connectivity index (χ4n) is 10.8. The van der Waals surface area contributed by atoms with Crippen LogP contribution in [0.4, 0.5) is 0 Å². The second kappa shape index (κ2) is 24.6. The summed E-state index contributed by atoms with van der Waals surface area (Å²) in [6, 6.07) is 23.4. The molecule has 0 bridgehead atoms. The molecule has 6 atom stereocenters. The van der Waals surface area contributed by atoms with E-state index in [1.165, 1.54) is 12.8 Å². The maximum atomic E-state index is 15.0. The summed E-state index contributed by atoms with van der Waals surface area (Å²) in [6.07, 6.45) is 17.0. The van der Waals surface area contributed by atoms with Crippen LogP contribution in [0.2, 0.25) is 0 Å². The topological polar surface area (TPSA) is 140 Å². The number of benzene rings is 3. The summed E-state index contributed by atoms with van der Waals surface area (Å²) in [5, 5.41) is 34.7. The Labute approximate surface area is 390 Å². The molecule has 3 aliphatic carbocycles. The summed E-state index contributed by atoms with van der Waals surface area (Å²) < 4.78 is 27.1. The van der Waals surface area contributed by atoms with Crippen molar-refractivity contribution in [3.05, 3.63) is 108 Å². The van der Waals surface area contributed by atoms with Crippen molar-refractivity contribution in [2.75, 3.05) is 52.4 Å². The number of hydrogen-bond donors (Lipinski definition) is 3. The largest absolute Gasteiger partial charge is 0.459 e. The summed E-state index contributed by atoms with van der Waals surface area (Å²) >= 11 is 1.68. The van der Waals surface area contributed by atoms with Gasteiger partial charge in [-0.3, -0.25) is 4.79 Å². The van der Waals surface area contributed by atoms with Crippen molar-refractivity contribution in [2.45, 2.75) is 113 Å². The molecule has 3 N–H and O–H groups in total. The van der Waals surface area contributed by atoms with Crippen molar-refractivity contribution in [3.63, 3.8) is 0 Å². The molecule has 1 aliphatic heterocycles. The molecule has 0 spiro atoms. The molecular weight excluding hydrogens is 841 g/mol. The zero-order valence-electron chi connectivity index (χ0n) is 38.2. The molecule has 12 heteroatoms. The average Bonchev–Trinajstić information content (AvgIpc) is 3.86. The first kappa shape index (κ1) is 48.8. The van der Waals surface area contributed by atoms with Crippen molar-refractivity contribution in [3.8, 4) is 17.2 Å². The molecular formula is C53H70N2O9S. The normalized spacial score (nSPS) is 24.2. The van der Waals surface area contributed by atoms with Crippen LogP contribution in [0.15, 0.2) is 107 Å². The van der Waals surface area contributed by atoms with E-state index < -0.39 is 17.7 Å². The number of ether oxygens (including phenoxy) is 4. The van der Waals surface area contributed by atoms with E-state index in [0.717, 1.165) is 78.0 Å². The van der Waals surface area contributed by atoms with Crippen molar-refractivity contribution in [2.24, 2.45) is 28.8 Å². The number of aliphatic hydroxyl groups is 3. The maximum Gasteiger partial charge on any atom is 0.239 e. The van der Waals surface area contributed by atoms with Crippen molar-refractivity contribution in [1.82, 2.24) is 4.90 Å². The van der Waals surface area contributed by atoms with Crippen LogP contribution in [-0.2, 0) is 25.7 Å². The summed E-state index contributed by atoms with van der Waals surface area (Å²) in [5.74, 6) is 0.763. The van der Waals surface area contributed by atoms with E-state index >= 15 is 0 Å². The fraction of sp³-hybridized carbons (Fsp3) is 0.547. The van der Waals surface area contributed by atoms with Crippen molar-refractivity contribution in [1.29, 1.82) is 0 Å². The quantitative estimate of drug-likeness (QED) is 0.0309. The van der Waals surface area contributed by atoms with E-state index in [1.807, 2.05) is 59.5 Å². The van der Waals surface area contributed by atoms with E-state index in [1.54, 1.807) is 17.8 Å². The number of aliphatic hydroxyl groups excluding tert-OH is 3. The van der Waals surface area contributed by atoms with Gasteiger partial charge in [0.1, 0.15) is 29.9 Å². The number of nitrogens with zero attached hydrogens (tertiary/aromatic N) is 2. The molecule has 0 aromatic heterocycles. The van der Waals surface area contributed by atoms with Gasteiger partial charge in [-0.15, -0.1) is 18.3 Å². The Morgan fingerprint density at radius 3 is 2.40 bits per heavy atom. The van der Waals surface area contributed by atoms with Gasteiger partial charge < -0.3 is 44.0 Å². The van der Waals surface area contributed by atoms with E-state index in [4.69, 9.17) is 28.9 Å². The third-order valence-corrected chi connectivity index (χ3v) is 14.6. The number of rotatable bonds is 26. The van der Waals surface area contributed by atoms with E-state index in [0.29, 0.717) is 43.1 Å². The lowest BCUT2D eigenvalue weighted by atomic mass is 9.55. The Bertz CT molecular complexity index is 2020. The number of unbranched alkanes of at least 4 members (excludes halogenated alkanes) is 2. The third-order valence-electron chi connectivity index (χ3n) is 13.8. The van der Waals surface area contributed by atoms with Crippen molar-refractivity contribution < 1.29 is 43.9 Å². The zero-order valence-corrected chi connectivity index (χ0v) is 39.0. The SMILES string of the molecule is C=CCOC12Oc3ccc(Oc4ccc(SC)cc4)cc3C3C(CCCCO)C(CCCCO)C=C(C(=NOCc4ccccc4)CC1N(CCOCCO)C(=O)CCC1CCCC1)C32. The predicted octanol–water partition coefficient (Wildman–Crippen LogP) is 9.84. The van der Waals surface area contributed by atoms with E-state index in [-0.39, 0.29) is 76.5 Å². The molecule has 4 aliphatic rings. The number of allylic oxidation sites excluding steroid dienone is 1. The van der Waals surface area contributed by atoms with Gasteiger partial charge in [-0.25, -0.2) is 0 Å². The van der Waals surface area contributed by atoms with E-state index in [9.17, 15) is 20.1 Å². The minimum absolute atomic E-state index is 0.00688. The van der Waals surface area contributed by atoms with Crippen LogP contribution in [0.1, 0.15) is 101 Å². The number of hydrogen-bond acceptors (Lipinski definition) is 11. The number of carbonyl (C=O) groups excluding carboxylic acids is 1. The second-order valence-corrected chi connectivity index (χ2v) is 18.8. The predicted molar refractivity (Wildman–Crippen MR) is 255 cm³/mol. The summed E-state index contributed by atoms with van der Waals surface area (Å²) in [5.41, 5.74) is 3.71. The van der Waals surface area contributed by atoms with Crippen LogP contribution in [0, 0.1) is 23.7 Å². The first-order valence-corrected chi connectivity index (χ1v) is 25.2. The lowest BCUT2D eigenvalue weighted by Crippen LogP contribution is -2.70. The molecule has 11 nitrogen and oxygen atoms in total. The van der Waals surface area contributed by atoms with Crippen LogP contribution < -0.4 is 9.47 Å². The first-order valence-electron chi connectivity index (χ1n) is 24.0. The highest BCUT2D eigenvalue weighted by Gasteiger charge is 2.65. The zero-order chi connectivity index (χ0) is 45.4. The van der Waals surface area contributed by atoms with Crippen LogP contribution >= 0.6 is 11.8 Å². The minimum Gasteiger partial charge on any atom is -0.459 e. The highest BCUT2D eigenvalue weighted by molar-refractivity contribution is 7.98. The molecule has 2 fully saturated rings. The molecule has 1 amide bonds. The Morgan fingerprint density at radius 2 is 1.68 bits per heavy atom. The van der Waals surface area contributed by atoms with Gasteiger partial charge in [0.2, 0.25) is 11.7 Å². The Balaban J connectivity index is 1.40. The van der Waals surface area contributed by atoms with Gasteiger partial charge in [0.15, 0.2) is 0 Å². The molecule has 3 aromatic rings. The summed E-state index contributed by atoms with van der Waals surface area (Å²) in [6.45, 7) is 5.28. The van der Waals surface area contributed by atoms with Gasteiger partial charge in [0.05, 0.1) is 38.1 Å². The molecule has 0 saturated heterocycles. The Kier molecular flexibility index (Phi) is 18.4. The van der Waals surface area contributed by atoms with Gasteiger partial charge >= 0.3 is 0 Å². The van der Waals surface area contributed by atoms with Gasteiger partial charge in [-0.2, -0.15) is 0 Å². The number of fused-ring (bicyclic) bond motifs is 2. The van der Waals surface area contributed by atoms with Crippen LogP contribution in [0.5, 0.6) is 17.2 Å². The first-order chi connectivity index (χ1) is 31.9. The monoisotopic (exact) mass is 910 g/mol. The molecule has 7 rings (SSSR count). The van der Waals surface area contributed by atoms with Gasteiger partial charge in [-0.1, -0.05) is 86.2 Å². The van der Waals surface area contributed by atoms with Gasteiger partial charge in [0.25, 0.3) is 0 Å². The van der Waals surface area contributed by atoms with Crippen LogP contribution in [0.3, 0.4) is 0 Å². The second-order valence-electron chi connectivity index (χ2n) is 17.9. The van der Waals surface area contributed by atoms with Crippen molar-refractivity contribution >= 4 is 23.4 Å². The Morgan fingerprint density at radius 1 is 0.923 bits per heavy atom. The van der Waals surface area contributed by atoms with Gasteiger partial charge in [0, 0.05) is 49.0 Å². The molecule has 6 unspecified atom stereocenters. The number of thioether (sulfide) groups is 1. The smallest absolute Gasteiger partial charge is 0.239 e. The molecule has 0 radical (unpaired) electrons. The van der Waals surface area contributed by atoms with E-state index in [2.05, 4.69) is 37.1 Å². The summed E-state index contributed by atoms with van der Waals surface area (Å²) in [7, 11) is 0. The number of carbonyl (C=O) groups is 1. The van der Waals surface area contributed by atoms with Crippen LogP contribution in [0.25, 0.3) is 0 Å². The molecule has 1 heterocycles. The standard InChI is InChI=1S/C53H70N2O9S/c1-3-31-61-53-49(55(27-32-60-33-30-58)50(59)26-19-38-13-7-8-14-38)36-47(54-62-37-39-15-5-4-6-16-39)45-34-40(17-9-11-28-56)44(18-10-12-29-57)51(52(45)53)46-35-42(22-25-48(46)64-53)63-41-20-23-43(65-2)24-21-41/h3-6,15-16,20-25,34-35,38,40,44,49,51-52,56-58H,1,7-14,17-19,26-33,36-37H2,2H3. The average molecular weight is 911 g/mol. The maximum absolute atomic E-state index is 15.0. The minimum atomic E-state index is -1.38. The van der Waals surface area contributed by atoms with Crippen LogP contribution in [-0.4, -0.2) is 96.1 Å². The lowest BCUT2D eigenvalue weighted by molar-refractivity contribution is -0.258. The highest BCUT2D eigenvalue weighted by Crippen LogP contribution is 2.62. The fourth-order valence-corrected chi connectivity index (χ4v) is 11.2. The number of oxime groups is 1.